The first kappa shape index (κ1) is 27.8. The van der Waals surface area contributed by atoms with Crippen molar-refractivity contribution >= 4 is 29.0 Å². The monoisotopic (exact) mass is 564 g/mol. The number of phenols is 1. The lowest BCUT2D eigenvalue weighted by Gasteiger charge is -2.18. The number of imidazole rings is 1. The van der Waals surface area contributed by atoms with E-state index in [4.69, 9.17) is 9.47 Å². The van der Waals surface area contributed by atoms with Gasteiger partial charge in [-0.3, -0.25) is 4.57 Å². The molecule has 1 amide bonds. The van der Waals surface area contributed by atoms with Crippen LogP contribution in [-0.2, 0) is 27.2 Å². The average Bonchev–Trinajstić information content (AvgIpc) is 3.52. The molecule has 5 atom stereocenters. The van der Waals surface area contributed by atoms with Crippen LogP contribution in [0.25, 0.3) is 11.2 Å². The number of aromatic hydroxyl groups is 1. The van der Waals surface area contributed by atoms with E-state index in [9.17, 15) is 30.0 Å². The Morgan fingerprint density at radius 3 is 2.49 bits per heavy atom. The van der Waals surface area contributed by atoms with Crippen LogP contribution in [0.15, 0.2) is 67.3 Å². The van der Waals surface area contributed by atoms with Gasteiger partial charge in [0.15, 0.2) is 23.2 Å². The molecule has 1 fully saturated rings. The number of anilines is 1. The van der Waals surface area contributed by atoms with E-state index in [1.165, 1.54) is 17.2 Å². The molecule has 6 N–H and O–H groups in total. The standard InChI is InChI=1S/C27H28N6O8/c34-17-8-6-16(7-9-17)11-28-23-20-24(30-13-29-23)33(14-31-20)25-22(36)21(35)19(41-25)12-40-27(39)32-18(26(37)38)10-15-4-2-1-3-5-15/h1-9,13-14,18-19,21-22,25,34-36H,10-12H2,(H,32,39)(H,37,38)(H,28,29,30)/t18-,19?,21?,22?,25?/m0/s1. The molecule has 2 aromatic carbocycles. The highest BCUT2D eigenvalue weighted by molar-refractivity contribution is 5.82. The second kappa shape index (κ2) is 12.2. The fourth-order valence-electron chi connectivity index (χ4n) is 4.46. The second-order valence-corrected chi connectivity index (χ2v) is 9.44. The molecule has 0 aliphatic carbocycles. The lowest BCUT2D eigenvalue weighted by Crippen LogP contribution is -2.44. The van der Waals surface area contributed by atoms with Crippen LogP contribution in [0.5, 0.6) is 5.75 Å². The van der Waals surface area contributed by atoms with Crippen LogP contribution in [0.1, 0.15) is 17.4 Å². The Balaban J connectivity index is 1.21. The lowest BCUT2D eigenvalue weighted by molar-refractivity contribution is -0.139. The van der Waals surface area contributed by atoms with E-state index >= 15 is 0 Å². The van der Waals surface area contributed by atoms with Gasteiger partial charge in [-0.05, 0) is 23.3 Å². The number of aliphatic hydroxyl groups excluding tert-OH is 2. The van der Waals surface area contributed by atoms with Gasteiger partial charge >= 0.3 is 12.1 Å². The van der Waals surface area contributed by atoms with Crippen molar-refractivity contribution in [1.29, 1.82) is 0 Å². The Labute approximate surface area is 233 Å². The van der Waals surface area contributed by atoms with Gasteiger partial charge in [-0.2, -0.15) is 0 Å². The van der Waals surface area contributed by atoms with Gasteiger partial charge in [0, 0.05) is 13.0 Å². The first-order valence-corrected chi connectivity index (χ1v) is 12.7. The molecular formula is C27H28N6O8. The third-order valence-electron chi connectivity index (χ3n) is 6.62. The maximum atomic E-state index is 12.3. The number of phenolic OH excluding ortho intramolecular Hbond substituents is 1. The summed E-state index contributed by atoms with van der Waals surface area (Å²) < 4.78 is 12.4. The van der Waals surface area contributed by atoms with E-state index in [1.54, 1.807) is 54.6 Å². The van der Waals surface area contributed by atoms with Gasteiger partial charge in [-0.1, -0.05) is 42.5 Å². The first-order chi connectivity index (χ1) is 19.8. The number of rotatable bonds is 10. The van der Waals surface area contributed by atoms with Crippen LogP contribution in [0.4, 0.5) is 10.6 Å². The van der Waals surface area contributed by atoms with Gasteiger partial charge < -0.3 is 40.5 Å². The highest BCUT2D eigenvalue weighted by Gasteiger charge is 2.45. The summed E-state index contributed by atoms with van der Waals surface area (Å²) in [4.78, 5) is 36.8. The van der Waals surface area contributed by atoms with Crippen LogP contribution >= 0.6 is 0 Å². The van der Waals surface area contributed by atoms with Crippen molar-refractivity contribution in [2.45, 2.75) is 43.5 Å². The molecule has 4 aromatic rings. The van der Waals surface area contributed by atoms with Crippen molar-refractivity contribution in [2.75, 3.05) is 11.9 Å². The number of aliphatic carboxylic acids is 1. The minimum Gasteiger partial charge on any atom is -0.508 e. The Bertz CT molecular complexity index is 1500. The number of amides is 1. The molecule has 14 nitrogen and oxygen atoms in total. The topological polar surface area (TPSA) is 201 Å². The van der Waals surface area contributed by atoms with Crippen LogP contribution < -0.4 is 10.6 Å². The molecule has 2 aromatic heterocycles. The van der Waals surface area contributed by atoms with Gasteiger partial charge in [0.2, 0.25) is 0 Å². The number of carbonyl (C=O) groups is 2. The van der Waals surface area contributed by atoms with Crippen molar-refractivity contribution in [3.8, 4) is 5.75 Å². The fraction of sp³-hybridized carbons (Fsp3) is 0.296. The third-order valence-corrected chi connectivity index (χ3v) is 6.62. The molecule has 1 aliphatic heterocycles. The number of aliphatic hydroxyl groups is 2. The maximum absolute atomic E-state index is 12.3. The molecule has 0 spiro atoms. The molecular weight excluding hydrogens is 536 g/mol. The molecule has 1 saturated heterocycles. The second-order valence-electron chi connectivity index (χ2n) is 9.44. The summed E-state index contributed by atoms with van der Waals surface area (Å²) in [6, 6.07) is 14.2. The van der Waals surface area contributed by atoms with Gasteiger partial charge in [-0.15, -0.1) is 0 Å². The van der Waals surface area contributed by atoms with E-state index in [-0.39, 0.29) is 12.2 Å². The highest BCUT2D eigenvalue weighted by Crippen LogP contribution is 2.32. The number of carboxylic acid groups (broad SMARTS) is 1. The Hall–Kier alpha value is -4.79. The summed E-state index contributed by atoms with van der Waals surface area (Å²) in [7, 11) is 0. The highest BCUT2D eigenvalue weighted by atomic mass is 16.6. The molecule has 41 heavy (non-hydrogen) atoms. The molecule has 4 unspecified atom stereocenters. The lowest BCUT2D eigenvalue weighted by atomic mass is 10.1. The number of carboxylic acids is 1. The smallest absolute Gasteiger partial charge is 0.407 e. The molecule has 0 bridgehead atoms. The zero-order valence-electron chi connectivity index (χ0n) is 21.6. The fourth-order valence-corrected chi connectivity index (χ4v) is 4.46. The number of carbonyl (C=O) groups excluding carboxylic acids is 1. The summed E-state index contributed by atoms with van der Waals surface area (Å²) in [5.74, 6) is -0.648. The van der Waals surface area contributed by atoms with Gasteiger partial charge in [-0.25, -0.2) is 24.5 Å². The van der Waals surface area contributed by atoms with E-state index in [0.29, 0.717) is 23.5 Å². The maximum Gasteiger partial charge on any atom is 0.407 e. The van der Waals surface area contributed by atoms with Gasteiger partial charge in [0.1, 0.15) is 43.0 Å². The van der Waals surface area contributed by atoms with Gasteiger partial charge in [0.25, 0.3) is 0 Å². The Morgan fingerprint density at radius 1 is 1.00 bits per heavy atom. The predicted molar refractivity (Wildman–Crippen MR) is 143 cm³/mol. The van der Waals surface area contributed by atoms with Crippen molar-refractivity contribution < 1.29 is 39.5 Å². The van der Waals surface area contributed by atoms with Crippen LogP contribution in [0.3, 0.4) is 0 Å². The number of nitrogens with one attached hydrogen (secondary N) is 2. The zero-order chi connectivity index (χ0) is 28.9. The summed E-state index contributed by atoms with van der Waals surface area (Å²) in [5.41, 5.74) is 2.34. The van der Waals surface area contributed by atoms with E-state index < -0.39 is 49.3 Å². The summed E-state index contributed by atoms with van der Waals surface area (Å²) >= 11 is 0. The molecule has 1 aliphatic rings. The molecule has 14 heteroatoms. The normalized spacial score (nSPS) is 20.9. The Morgan fingerprint density at radius 2 is 1.76 bits per heavy atom. The van der Waals surface area contributed by atoms with Gasteiger partial charge in [0.05, 0.1) is 6.33 Å². The number of nitrogens with zero attached hydrogens (tertiary/aromatic N) is 4. The third kappa shape index (κ3) is 6.35. The number of alkyl carbamates (subject to hydrolysis) is 1. The molecule has 214 valence electrons. The molecule has 0 radical (unpaired) electrons. The summed E-state index contributed by atoms with van der Waals surface area (Å²) in [6.07, 6.45) is -3.28. The average molecular weight is 565 g/mol. The van der Waals surface area contributed by atoms with Crippen LogP contribution in [-0.4, -0.2) is 83.0 Å². The molecule has 0 saturated carbocycles. The number of fused-ring (bicyclic) bond motifs is 1. The van der Waals surface area contributed by atoms with Crippen molar-refractivity contribution in [3.05, 3.63) is 78.4 Å². The zero-order valence-corrected chi connectivity index (χ0v) is 21.6. The van der Waals surface area contributed by atoms with E-state index in [0.717, 1.165) is 11.1 Å². The molecule has 5 rings (SSSR count). The minimum atomic E-state index is -1.42. The van der Waals surface area contributed by atoms with E-state index in [2.05, 4.69) is 25.6 Å². The SMILES string of the molecule is O=C(N[C@@H](Cc1ccccc1)C(=O)O)OCC1OC(n2cnc3c(NCc4ccc(O)cc4)ncnc32)C(O)C1O. The number of benzene rings is 2. The largest absolute Gasteiger partial charge is 0.508 e. The van der Waals surface area contributed by atoms with Crippen molar-refractivity contribution in [1.82, 2.24) is 24.8 Å². The molecule has 3 heterocycles. The van der Waals surface area contributed by atoms with Crippen LogP contribution in [0.2, 0.25) is 0 Å². The Kier molecular flexibility index (Phi) is 8.24. The minimum absolute atomic E-state index is 0.0515. The van der Waals surface area contributed by atoms with E-state index in [1.807, 2.05) is 0 Å². The number of ether oxygens (including phenoxy) is 2. The number of hydrogen-bond acceptors (Lipinski definition) is 11. The van der Waals surface area contributed by atoms with Crippen molar-refractivity contribution in [3.63, 3.8) is 0 Å². The predicted octanol–water partition coefficient (Wildman–Crippen LogP) is 1.19. The summed E-state index contributed by atoms with van der Waals surface area (Å²) in [5, 5.41) is 45.7. The number of aromatic nitrogens is 4. The van der Waals surface area contributed by atoms with Crippen molar-refractivity contribution in [2.24, 2.45) is 0 Å². The quantitative estimate of drug-likeness (QED) is 0.161. The summed E-state index contributed by atoms with van der Waals surface area (Å²) in [6.45, 7) is -0.0463. The number of hydrogen-bond donors (Lipinski definition) is 6. The van der Waals surface area contributed by atoms with Crippen LogP contribution in [0, 0.1) is 0 Å². The first-order valence-electron chi connectivity index (χ1n) is 12.7.